The van der Waals surface area contributed by atoms with Gasteiger partial charge in [-0.3, -0.25) is 4.90 Å². The highest BCUT2D eigenvalue weighted by molar-refractivity contribution is 7.13. The van der Waals surface area contributed by atoms with Crippen molar-refractivity contribution in [2.24, 2.45) is 0 Å². The Bertz CT molecular complexity index is 370. The summed E-state index contributed by atoms with van der Waals surface area (Å²) in [5.74, 6) is 0. The first-order chi connectivity index (χ1) is 7.83. The maximum atomic E-state index is 4.56. The lowest BCUT2D eigenvalue weighted by atomic mass is 10.1. The van der Waals surface area contributed by atoms with Gasteiger partial charge in [0.15, 0.2) is 5.13 Å². The molecule has 1 aliphatic rings. The quantitative estimate of drug-likeness (QED) is 0.872. The van der Waals surface area contributed by atoms with Crippen LogP contribution in [0.15, 0.2) is 11.5 Å². The zero-order chi connectivity index (χ0) is 11.4. The van der Waals surface area contributed by atoms with Gasteiger partial charge in [-0.25, -0.2) is 4.98 Å². The maximum Gasteiger partial charge on any atom is 0.182 e. The Labute approximate surface area is 101 Å². The van der Waals surface area contributed by atoms with E-state index in [0.717, 1.165) is 23.8 Å². The first-order valence-corrected chi connectivity index (χ1v) is 6.76. The molecule has 0 spiro atoms. The van der Waals surface area contributed by atoms with Gasteiger partial charge in [-0.1, -0.05) is 13.0 Å². The summed E-state index contributed by atoms with van der Waals surface area (Å²) in [4.78, 5) is 7.07. The second kappa shape index (κ2) is 5.46. The minimum Gasteiger partial charge on any atom is -0.365 e. The average Bonchev–Trinajstić information content (AvgIpc) is 2.78. The fourth-order valence-electron chi connectivity index (χ4n) is 2.03. The molecule has 1 aliphatic heterocycles. The summed E-state index contributed by atoms with van der Waals surface area (Å²) in [5.41, 5.74) is 2.53. The van der Waals surface area contributed by atoms with Gasteiger partial charge in [0.1, 0.15) is 0 Å². The third-order valence-electron chi connectivity index (χ3n) is 2.82. The Hall–Kier alpha value is -0.870. The second-order valence-corrected chi connectivity index (χ2v) is 4.94. The lowest BCUT2D eigenvalue weighted by Gasteiger charge is -2.26. The lowest BCUT2D eigenvalue weighted by Crippen LogP contribution is -2.30. The van der Waals surface area contributed by atoms with Crippen LogP contribution in [0, 0.1) is 0 Å². The van der Waals surface area contributed by atoms with Crippen LogP contribution in [-0.2, 0) is 0 Å². The fraction of sp³-hybridized carbons (Fsp3) is 0.583. The van der Waals surface area contributed by atoms with Crippen molar-refractivity contribution in [2.75, 3.05) is 32.0 Å². The van der Waals surface area contributed by atoms with Gasteiger partial charge >= 0.3 is 0 Å². The van der Waals surface area contributed by atoms with Crippen LogP contribution in [0.1, 0.15) is 25.5 Å². The van der Waals surface area contributed by atoms with Crippen LogP contribution in [0.4, 0.5) is 5.13 Å². The molecule has 0 saturated carbocycles. The predicted molar refractivity (Wildman–Crippen MR) is 71.0 cm³/mol. The van der Waals surface area contributed by atoms with E-state index in [2.05, 4.69) is 33.6 Å². The molecule has 2 rings (SSSR count). The summed E-state index contributed by atoms with van der Waals surface area (Å²) in [6, 6.07) is 0. The number of hydrogen-bond donors (Lipinski definition) is 1. The molecule has 0 bridgehead atoms. The third-order valence-corrected chi connectivity index (χ3v) is 3.68. The molecule has 0 unspecified atom stereocenters. The van der Waals surface area contributed by atoms with Gasteiger partial charge in [-0.2, -0.15) is 0 Å². The molecule has 0 radical (unpaired) electrons. The zero-order valence-corrected chi connectivity index (χ0v) is 10.8. The molecule has 1 N–H and O–H groups in total. The number of nitrogens with zero attached hydrogens (tertiary/aromatic N) is 2. The molecule has 16 heavy (non-hydrogen) atoms. The van der Waals surface area contributed by atoms with Crippen molar-refractivity contribution in [3.63, 3.8) is 0 Å². The first kappa shape index (κ1) is 11.6. The summed E-state index contributed by atoms with van der Waals surface area (Å²) >= 11 is 1.68. The van der Waals surface area contributed by atoms with Crippen LogP contribution in [-0.4, -0.2) is 36.6 Å². The Kier molecular flexibility index (Phi) is 3.96. The molecule has 0 atom stereocenters. The van der Waals surface area contributed by atoms with Crippen molar-refractivity contribution in [1.29, 1.82) is 0 Å². The van der Waals surface area contributed by atoms with Gasteiger partial charge in [-0.05, 0) is 25.0 Å². The summed E-state index contributed by atoms with van der Waals surface area (Å²) in [7, 11) is 1.92. The van der Waals surface area contributed by atoms with Crippen molar-refractivity contribution >= 4 is 22.0 Å². The van der Waals surface area contributed by atoms with Crippen LogP contribution < -0.4 is 5.32 Å². The van der Waals surface area contributed by atoms with Gasteiger partial charge in [0.25, 0.3) is 0 Å². The van der Waals surface area contributed by atoms with E-state index in [4.69, 9.17) is 0 Å². The maximum absolute atomic E-state index is 4.56. The highest BCUT2D eigenvalue weighted by atomic mass is 32.1. The molecule has 0 aliphatic carbocycles. The van der Waals surface area contributed by atoms with Gasteiger partial charge in [0.05, 0.1) is 5.69 Å². The molecule has 0 saturated heterocycles. The van der Waals surface area contributed by atoms with E-state index < -0.39 is 0 Å². The van der Waals surface area contributed by atoms with E-state index in [-0.39, 0.29) is 0 Å². The number of anilines is 1. The van der Waals surface area contributed by atoms with E-state index in [1.54, 1.807) is 11.3 Å². The van der Waals surface area contributed by atoms with Crippen molar-refractivity contribution < 1.29 is 0 Å². The fourth-order valence-corrected chi connectivity index (χ4v) is 2.73. The third kappa shape index (κ3) is 2.62. The molecule has 1 aromatic heterocycles. The standard InChI is InChI=1S/C12H19N3S/c1-3-6-15-7-4-5-10(8-15)11-9-16-12(13-2)14-11/h5,9H,3-4,6-8H2,1-2H3,(H,13,14). The van der Waals surface area contributed by atoms with Crippen LogP contribution in [0.2, 0.25) is 0 Å². The van der Waals surface area contributed by atoms with Crippen molar-refractivity contribution in [2.45, 2.75) is 19.8 Å². The van der Waals surface area contributed by atoms with Crippen molar-refractivity contribution in [3.05, 3.63) is 17.2 Å². The molecular weight excluding hydrogens is 218 g/mol. The largest absolute Gasteiger partial charge is 0.365 e. The van der Waals surface area contributed by atoms with E-state index in [9.17, 15) is 0 Å². The molecule has 0 amide bonds. The van der Waals surface area contributed by atoms with Crippen LogP contribution in [0.3, 0.4) is 0 Å². The summed E-state index contributed by atoms with van der Waals surface area (Å²) in [5, 5.41) is 6.24. The molecule has 4 heteroatoms. The summed E-state index contributed by atoms with van der Waals surface area (Å²) in [6.07, 6.45) is 4.72. The van der Waals surface area contributed by atoms with Crippen molar-refractivity contribution in [1.82, 2.24) is 9.88 Å². The van der Waals surface area contributed by atoms with Gasteiger partial charge < -0.3 is 5.32 Å². The number of aromatic nitrogens is 1. The predicted octanol–water partition coefficient (Wildman–Crippen LogP) is 2.68. The van der Waals surface area contributed by atoms with E-state index in [1.165, 1.54) is 25.1 Å². The SMILES string of the molecule is CCCN1CCC=C(c2csc(NC)n2)C1. The van der Waals surface area contributed by atoms with Gasteiger partial charge in [0, 0.05) is 25.5 Å². The highest BCUT2D eigenvalue weighted by Gasteiger charge is 2.14. The molecule has 88 valence electrons. The number of thiazole rings is 1. The van der Waals surface area contributed by atoms with Gasteiger partial charge in [-0.15, -0.1) is 11.3 Å². The Balaban J connectivity index is 2.06. The average molecular weight is 237 g/mol. The zero-order valence-electron chi connectivity index (χ0n) is 9.99. The summed E-state index contributed by atoms with van der Waals surface area (Å²) in [6.45, 7) is 5.68. The molecule has 0 fully saturated rings. The minimum atomic E-state index is 1.00. The van der Waals surface area contributed by atoms with Crippen molar-refractivity contribution in [3.8, 4) is 0 Å². The van der Waals surface area contributed by atoms with E-state index >= 15 is 0 Å². The van der Waals surface area contributed by atoms with E-state index in [0.29, 0.717) is 0 Å². The van der Waals surface area contributed by atoms with Crippen LogP contribution in [0.5, 0.6) is 0 Å². The molecule has 2 heterocycles. The normalized spacial score (nSPS) is 17.2. The molecular formula is C12H19N3S. The smallest absolute Gasteiger partial charge is 0.182 e. The molecule has 0 aromatic carbocycles. The number of rotatable bonds is 4. The lowest BCUT2D eigenvalue weighted by molar-refractivity contribution is 0.305. The Morgan fingerprint density at radius 3 is 3.12 bits per heavy atom. The van der Waals surface area contributed by atoms with Crippen LogP contribution >= 0.6 is 11.3 Å². The van der Waals surface area contributed by atoms with Crippen LogP contribution in [0.25, 0.3) is 5.57 Å². The highest BCUT2D eigenvalue weighted by Crippen LogP contribution is 2.24. The Morgan fingerprint density at radius 1 is 1.56 bits per heavy atom. The Morgan fingerprint density at radius 2 is 2.44 bits per heavy atom. The molecule has 1 aromatic rings. The minimum absolute atomic E-state index is 1.00. The number of hydrogen-bond acceptors (Lipinski definition) is 4. The first-order valence-electron chi connectivity index (χ1n) is 5.88. The number of nitrogens with one attached hydrogen (secondary N) is 1. The topological polar surface area (TPSA) is 28.2 Å². The monoisotopic (exact) mass is 237 g/mol. The summed E-state index contributed by atoms with van der Waals surface area (Å²) < 4.78 is 0. The van der Waals surface area contributed by atoms with E-state index in [1.807, 2.05) is 7.05 Å². The second-order valence-electron chi connectivity index (χ2n) is 4.08. The van der Waals surface area contributed by atoms with Gasteiger partial charge in [0.2, 0.25) is 0 Å². The molecule has 3 nitrogen and oxygen atoms in total.